The van der Waals surface area contributed by atoms with E-state index in [0.29, 0.717) is 22.9 Å². The number of carbonyl (C=O) groups is 1. The lowest BCUT2D eigenvalue weighted by Crippen LogP contribution is -2.01. The van der Waals surface area contributed by atoms with E-state index in [1.54, 1.807) is 12.4 Å². The highest BCUT2D eigenvalue weighted by Crippen LogP contribution is 2.32. The van der Waals surface area contributed by atoms with Gasteiger partial charge in [0.25, 0.3) is 0 Å². The summed E-state index contributed by atoms with van der Waals surface area (Å²) in [7, 11) is 0. The van der Waals surface area contributed by atoms with Crippen molar-refractivity contribution in [3.63, 3.8) is 0 Å². The molecule has 3 heterocycles. The molecule has 30 heavy (non-hydrogen) atoms. The van der Waals surface area contributed by atoms with Crippen molar-refractivity contribution in [3.8, 4) is 21.7 Å². The Labute approximate surface area is 184 Å². The Balaban J connectivity index is 1.44. The Morgan fingerprint density at radius 3 is 2.63 bits per heavy atom. The van der Waals surface area contributed by atoms with E-state index in [4.69, 9.17) is 11.6 Å². The highest BCUT2D eigenvalue weighted by atomic mass is 35.5. The predicted molar refractivity (Wildman–Crippen MR) is 122 cm³/mol. The van der Waals surface area contributed by atoms with Crippen LogP contribution in [-0.2, 0) is 6.42 Å². The molecule has 0 spiro atoms. The second kappa shape index (κ2) is 8.86. The standard InChI is InChI=1S/C24H20ClN3OS/c1-15-11-17(13-27-23(15)18-9-10-26-16(2)12-18)7-8-21(29)24-28-14-22(30-24)19-5-3-4-6-20(19)25/h3-6,9-14H,7-8H2,1-2H3. The van der Waals surface area contributed by atoms with Crippen molar-refractivity contribution >= 4 is 28.7 Å². The first-order chi connectivity index (χ1) is 14.5. The van der Waals surface area contributed by atoms with E-state index in [0.717, 1.165) is 38.5 Å². The Bertz CT molecular complexity index is 1220. The van der Waals surface area contributed by atoms with E-state index in [-0.39, 0.29) is 5.78 Å². The molecule has 4 aromatic rings. The number of nitrogens with zero attached hydrogens (tertiary/aromatic N) is 3. The number of benzene rings is 1. The van der Waals surface area contributed by atoms with Crippen molar-refractivity contribution in [1.29, 1.82) is 0 Å². The van der Waals surface area contributed by atoms with Gasteiger partial charge >= 0.3 is 0 Å². The van der Waals surface area contributed by atoms with Gasteiger partial charge in [-0.3, -0.25) is 14.8 Å². The molecule has 0 N–H and O–H groups in total. The second-order valence-electron chi connectivity index (χ2n) is 7.13. The molecule has 0 radical (unpaired) electrons. The first-order valence-corrected chi connectivity index (χ1v) is 10.8. The molecule has 0 atom stereocenters. The first kappa shape index (κ1) is 20.4. The maximum Gasteiger partial charge on any atom is 0.191 e. The molecular formula is C24H20ClN3OS. The van der Waals surface area contributed by atoms with Crippen LogP contribution in [0.1, 0.15) is 33.0 Å². The monoisotopic (exact) mass is 433 g/mol. The lowest BCUT2D eigenvalue weighted by Gasteiger charge is -2.08. The smallest absolute Gasteiger partial charge is 0.191 e. The van der Waals surface area contributed by atoms with E-state index in [1.165, 1.54) is 11.3 Å². The number of Topliss-reactive ketones (excluding diaryl/α,β-unsaturated/α-hetero) is 1. The Kier molecular flexibility index (Phi) is 6.02. The zero-order chi connectivity index (χ0) is 21.1. The Morgan fingerprint density at radius 1 is 1.03 bits per heavy atom. The molecule has 4 nitrogen and oxygen atoms in total. The third-order valence-electron chi connectivity index (χ3n) is 4.83. The highest BCUT2D eigenvalue weighted by molar-refractivity contribution is 7.17. The summed E-state index contributed by atoms with van der Waals surface area (Å²) in [5, 5.41) is 1.17. The van der Waals surface area contributed by atoms with E-state index in [9.17, 15) is 4.79 Å². The number of rotatable bonds is 6. The molecule has 6 heteroatoms. The van der Waals surface area contributed by atoms with E-state index in [1.807, 2.05) is 56.4 Å². The summed E-state index contributed by atoms with van der Waals surface area (Å²) in [5.41, 5.74) is 5.98. The van der Waals surface area contributed by atoms with Gasteiger partial charge in [0, 0.05) is 46.9 Å². The van der Waals surface area contributed by atoms with E-state index >= 15 is 0 Å². The topological polar surface area (TPSA) is 55.7 Å². The largest absolute Gasteiger partial charge is 0.292 e. The van der Waals surface area contributed by atoms with E-state index < -0.39 is 0 Å². The fourth-order valence-corrected chi connectivity index (χ4v) is 4.53. The van der Waals surface area contributed by atoms with Crippen molar-refractivity contribution in [1.82, 2.24) is 15.0 Å². The van der Waals surface area contributed by atoms with Crippen LogP contribution in [-0.4, -0.2) is 20.7 Å². The summed E-state index contributed by atoms with van der Waals surface area (Å²) >= 11 is 7.63. The van der Waals surface area contributed by atoms with Crippen molar-refractivity contribution in [2.24, 2.45) is 0 Å². The number of thiazole rings is 1. The maximum absolute atomic E-state index is 12.6. The Hall–Kier alpha value is -2.89. The zero-order valence-corrected chi connectivity index (χ0v) is 18.3. The van der Waals surface area contributed by atoms with Crippen molar-refractivity contribution in [2.45, 2.75) is 26.7 Å². The number of aryl methyl sites for hydroxylation is 3. The van der Waals surface area contributed by atoms with Gasteiger partial charge in [-0.2, -0.15) is 0 Å². The molecular weight excluding hydrogens is 414 g/mol. The van der Waals surface area contributed by atoms with Gasteiger partial charge in [-0.1, -0.05) is 35.9 Å². The minimum absolute atomic E-state index is 0.0322. The summed E-state index contributed by atoms with van der Waals surface area (Å²) in [6.45, 7) is 4.01. The van der Waals surface area contributed by atoms with Crippen molar-refractivity contribution in [3.05, 3.63) is 87.9 Å². The number of hydrogen-bond acceptors (Lipinski definition) is 5. The summed E-state index contributed by atoms with van der Waals surface area (Å²) in [6.07, 6.45) is 6.38. The lowest BCUT2D eigenvalue weighted by atomic mass is 10.0. The average molecular weight is 434 g/mol. The van der Waals surface area contributed by atoms with Crippen LogP contribution in [0.15, 0.2) is 61.1 Å². The summed E-state index contributed by atoms with van der Waals surface area (Å²) < 4.78 is 0. The lowest BCUT2D eigenvalue weighted by molar-refractivity contribution is 0.0982. The molecule has 0 bridgehead atoms. The molecule has 0 saturated heterocycles. The minimum Gasteiger partial charge on any atom is -0.292 e. The fourth-order valence-electron chi connectivity index (χ4n) is 3.32. The van der Waals surface area contributed by atoms with Crippen LogP contribution in [0, 0.1) is 13.8 Å². The van der Waals surface area contributed by atoms with Gasteiger partial charge in [-0.05, 0) is 49.6 Å². The third-order valence-corrected chi connectivity index (χ3v) is 6.23. The fraction of sp³-hybridized carbons (Fsp3) is 0.167. The quantitative estimate of drug-likeness (QED) is 0.332. The SMILES string of the molecule is Cc1cc(-c2ncc(CCC(=O)c3ncc(-c4ccccc4Cl)s3)cc2C)ccn1. The molecule has 150 valence electrons. The molecule has 3 aromatic heterocycles. The van der Waals surface area contributed by atoms with Gasteiger partial charge in [0.2, 0.25) is 0 Å². The van der Waals surface area contributed by atoms with Crippen LogP contribution in [0.4, 0.5) is 0 Å². The number of carbonyl (C=O) groups excluding carboxylic acids is 1. The summed E-state index contributed by atoms with van der Waals surface area (Å²) in [5.74, 6) is 0.0322. The number of pyridine rings is 2. The van der Waals surface area contributed by atoms with Crippen molar-refractivity contribution in [2.75, 3.05) is 0 Å². The maximum atomic E-state index is 12.6. The van der Waals surface area contributed by atoms with Crippen LogP contribution >= 0.6 is 22.9 Å². The third kappa shape index (κ3) is 4.48. The molecule has 4 rings (SSSR count). The minimum atomic E-state index is 0.0322. The summed E-state index contributed by atoms with van der Waals surface area (Å²) in [4.78, 5) is 26.7. The van der Waals surface area contributed by atoms with Gasteiger partial charge in [-0.25, -0.2) is 4.98 Å². The molecule has 0 unspecified atom stereocenters. The molecule has 0 aliphatic carbocycles. The molecule has 0 amide bonds. The summed E-state index contributed by atoms with van der Waals surface area (Å²) in [6, 6.07) is 13.7. The normalized spacial score (nSPS) is 10.9. The van der Waals surface area contributed by atoms with Crippen LogP contribution < -0.4 is 0 Å². The van der Waals surface area contributed by atoms with Gasteiger partial charge in [0.15, 0.2) is 10.8 Å². The van der Waals surface area contributed by atoms with Crippen molar-refractivity contribution < 1.29 is 4.79 Å². The predicted octanol–water partition coefficient (Wildman–Crippen LogP) is 6.35. The first-order valence-electron chi connectivity index (χ1n) is 9.64. The number of halogens is 1. The zero-order valence-electron chi connectivity index (χ0n) is 16.7. The van der Waals surface area contributed by atoms with Crippen LogP contribution in [0.25, 0.3) is 21.7 Å². The van der Waals surface area contributed by atoms with Gasteiger partial charge < -0.3 is 0 Å². The second-order valence-corrected chi connectivity index (χ2v) is 8.57. The molecule has 0 fully saturated rings. The van der Waals surface area contributed by atoms with Crippen LogP contribution in [0.5, 0.6) is 0 Å². The van der Waals surface area contributed by atoms with Gasteiger partial charge in [0.1, 0.15) is 0 Å². The average Bonchev–Trinajstić information content (AvgIpc) is 3.22. The molecule has 0 aliphatic heterocycles. The van der Waals surface area contributed by atoms with Gasteiger partial charge in [0.05, 0.1) is 10.6 Å². The Morgan fingerprint density at radius 2 is 1.87 bits per heavy atom. The molecule has 1 aromatic carbocycles. The number of hydrogen-bond donors (Lipinski definition) is 0. The number of ketones is 1. The van der Waals surface area contributed by atoms with Crippen LogP contribution in [0.3, 0.4) is 0 Å². The van der Waals surface area contributed by atoms with Gasteiger partial charge in [-0.15, -0.1) is 11.3 Å². The molecule has 0 saturated carbocycles. The highest BCUT2D eigenvalue weighted by Gasteiger charge is 2.14. The van der Waals surface area contributed by atoms with E-state index in [2.05, 4.69) is 21.0 Å². The van der Waals surface area contributed by atoms with Crippen LogP contribution in [0.2, 0.25) is 5.02 Å². The molecule has 0 aliphatic rings. The number of aromatic nitrogens is 3.